The molecule has 3 heteroatoms. The molecule has 0 saturated carbocycles. The van der Waals surface area contributed by atoms with Crippen LogP contribution in [0.4, 0.5) is 0 Å². The molecule has 0 aliphatic carbocycles. The highest BCUT2D eigenvalue weighted by molar-refractivity contribution is 7.17. The number of carbonyl (C=O) groups excluding carboxylic acids is 1. The molecule has 0 spiro atoms. The summed E-state index contributed by atoms with van der Waals surface area (Å²) in [4.78, 5) is 12.4. The van der Waals surface area contributed by atoms with Gasteiger partial charge in [-0.1, -0.05) is 30.3 Å². The second-order valence-corrected chi connectivity index (χ2v) is 5.50. The van der Waals surface area contributed by atoms with Crippen LogP contribution in [0.1, 0.15) is 15.9 Å². The lowest BCUT2D eigenvalue weighted by atomic mass is 10.0. The summed E-state index contributed by atoms with van der Waals surface area (Å²) in [5.41, 5.74) is 1.83. The molecule has 0 aliphatic heterocycles. The topological polar surface area (TPSA) is 26.3 Å². The average molecular weight is 282 g/mol. The van der Waals surface area contributed by atoms with Gasteiger partial charge in [0, 0.05) is 27.5 Å². The number of ketones is 1. The molecule has 1 heterocycles. The van der Waals surface area contributed by atoms with Crippen LogP contribution in [0.2, 0.25) is 0 Å². The molecular weight excluding hydrogens is 268 g/mol. The number of Topliss-reactive ketones (excluding diaryl/α,β-unsaturated/α-hetero) is 1. The molecule has 0 bridgehead atoms. The molecule has 0 aliphatic rings. The van der Waals surface area contributed by atoms with Crippen LogP contribution in [0.25, 0.3) is 10.1 Å². The lowest BCUT2D eigenvalue weighted by Gasteiger charge is -2.03. The predicted octanol–water partition coefficient (Wildman–Crippen LogP) is 4.34. The minimum Gasteiger partial charge on any atom is -0.497 e. The van der Waals surface area contributed by atoms with Gasteiger partial charge >= 0.3 is 0 Å². The van der Waals surface area contributed by atoms with Crippen LogP contribution >= 0.6 is 11.3 Å². The average Bonchev–Trinajstić information content (AvgIpc) is 2.92. The first-order chi connectivity index (χ1) is 9.78. The van der Waals surface area contributed by atoms with Crippen molar-refractivity contribution in [2.24, 2.45) is 0 Å². The van der Waals surface area contributed by atoms with Gasteiger partial charge in [-0.2, -0.15) is 0 Å². The summed E-state index contributed by atoms with van der Waals surface area (Å²) in [5, 5.41) is 3.01. The lowest BCUT2D eigenvalue weighted by Crippen LogP contribution is -2.02. The molecule has 0 unspecified atom stereocenters. The minimum atomic E-state index is 0.160. The Morgan fingerprint density at radius 1 is 1.10 bits per heavy atom. The normalized spacial score (nSPS) is 10.7. The van der Waals surface area contributed by atoms with Crippen molar-refractivity contribution in [3.63, 3.8) is 0 Å². The molecule has 2 aromatic carbocycles. The maximum Gasteiger partial charge on any atom is 0.168 e. The van der Waals surface area contributed by atoms with Crippen LogP contribution in [0.15, 0.2) is 53.9 Å². The maximum atomic E-state index is 12.4. The number of hydrogen-bond donors (Lipinski definition) is 0. The van der Waals surface area contributed by atoms with Crippen LogP contribution in [-0.4, -0.2) is 12.9 Å². The third-order valence-electron chi connectivity index (χ3n) is 3.31. The summed E-state index contributed by atoms with van der Waals surface area (Å²) >= 11 is 1.62. The number of carbonyl (C=O) groups is 1. The maximum absolute atomic E-state index is 12.4. The van der Waals surface area contributed by atoms with Gasteiger partial charge in [0.15, 0.2) is 5.78 Å². The van der Waals surface area contributed by atoms with E-state index in [0.717, 1.165) is 27.0 Å². The van der Waals surface area contributed by atoms with Crippen LogP contribution in [0.3, 0.4) is 0 Å². The summed E-state index contributed by atoms with van der Waals surface area (Å²) in [5.74, 6) is 0.967. The Bertz CT molecular complexity index is 741. The zero-order valence-corrected chi connectivity index (χ0v) is 11.9. The number of methoxy groups -OCH3 is 1. The summed E-state index contributed by atoms with van der Waals surface area (Å²) in [6.07, 6.45) is 0.421. The molecule has 2 nitrogen and oxygen atoms in total. The highest BCUT2D eigenvalue weighted by Gasteiger charge is 2.12. The Morgan fingerprint density at radius 3 is 2.60 bits per heavy atom. The van der Waals surface area contributed by atoms with Crippen LogP contribution in [0, 0.1) is 0 Å². The first-order valence-electron chi connectivity index (χ1n) is 6.40. The van der Waals surface area contributed by atoms with Gasteiger partial charge in [0.1, 0.15) is 5.75 Å². The van der Waals surface area contributed by atoms with Crippen molar-refractivity contribution in [3.8, 4) is 5.75 Å². The second-order valence-electron chi connectivity index (χ2n) is 4.59. The van der Waals surface area contributed by atoms with Gasteiger partial charge in [-0.05, 0) is 23.8 Å². The van der Waals surface area contributed by atoms with Gasteiger partial charge in [-0.3, -0.25) is 4.79 Å². The molecule has 0 fully saturated rings. The van der Waals surface area contributed by atoms with Crippen molar-refractivity contribution in [2.45, 2.75) is 6.42 Å². The Kier molecular flexibility index (Phi) is 3.52. The van der Waals surface area contributed by atoms with Crippen molar-refractivity contribution in [3.05, 3.63) is 65.0 Å². The number of ether oxygens (including phenoxy) is 1. The SMILES string of the molecule is COc1ccc(CC(=O)c2csc3ccccc23)cc1. The minimum absolute atomic E-state index is 0.160. The predicted molar refractivity (Wildman–Crippen MR) is 82.9 cm³/mol. The van der Waals surface area contributed by atoms with Crippen LogP contribution in [0.5, 0.6) is 5.75 Å². The standard InChI is InChI=1S/C17H14O2S/c1-19-13-8-6-12(7-9-13)10-16(18)15-11-20-17-5-3-2-4-14(15)17/h2-9,11H,10H2,1H3. The van der Waals surface area contributed by atoms with Crippen LogP contribution < -0.4 is 4.74 Å². The molecule has 100 valence electrons. The Morgan fingerprint density at radius 2 is 1.85 bits per heavy atom. The summed E-state index contributed by atoms with van der Waals surface area (Å²) in [7, 11) is 1.64. The van der Waals surface area contributed by atoms with Gasteiger partial charge in [-0.25, -0.2) is 0 Å². The number of rotatable bonds is 4. The fourth-order valence-corrected chi connectivity index (χ4v) is 3.18. The van der Waals surface area contributed by atoms with Crippen molar-refractivity contribution in [2.75, 3.05) is 7.11 Å². The second kappa shape index (κ2) is 5.47. The van der Waals surface area contributed by atoms with Gasteiger partial charge in [0.05, 0.1) is 7.11 Å². The Balaban J connectivity index is 1.85. The van der Waals surface area contributed by atoms with Crippen LogP contribution in [-0.2, 0) is 6.42 Å². The van der Waals surface area contributed by atoms with Crippen molar-refractivity contribution < 1.29 is 9.53 Å². The highest BCUT2D eigenvalue weighted by atomic mass is 32.1. The van der Waals surface area contributed by atoms with E-state index in [0.29, 0.717) is 6.42 Å². The third kappa shape index (κ3) is 2.45. The van der Waals surface area contributed by atoms with E-state index in [9.17, 15) is 4.79 Å². The molecule has 0 amide bonds. The first-order valence-corrected chi connectivity index (χ1v) is 7.28. The smallest absolute Gasteiger partial charge is 0.168 e. The quantitative estimate of drug-likeness (QED) is 0.666. The van der Waals surface area contributed by atoms with Gasteiger partial charge in [0.25, 0.3) is 0 Å². The van der Waals surface area contributed by atoms with E-state index < -0.39 is 0 Å². The first kappa shape index (κ1) is 12.9. The molecule has 3 aromatic rings. The number of hydrogen-bond acceptors (Lipinski definition) is 3. The number of thiophene rings is 1. The lowest BCUT2D eigenvalue weighted by molar-refractivity contribution is 0.0995. The molecule has 0 radical (unpaired) electrons. The Labute approximate surface area is 121 Å². The van der Waals surface area contributed by atoms with E-state index in [1.807, 2.05) is 53.9 Å². The zero-order valence-electron chi connectivity index (χ0n) is 11.1. The van der Waals surface area contributed by atoms with Crippen molar-refractivity contribution >= 4 is 27.2 Å². The number of fused-ring (bicyclic) bond motifs is 1. The van der Waals surface area contributed by atoms with Crippen molar-refractivity contribution in [1.82, 2.24) is 0 Å². The molecular formula is C17H14O2S. The fraction of sp³-hybridized carbons (Fsp3) is 0.118. The molecule has 0 N–H and O–H groups in total. The fourth-order valence-electron chi connectivity index (χ4n) is 2.22. The third-order valence-corrected chi connectivity index (χ3v) is 4.27. The Hall–Kier alpha value is -2.13. The summed E-state index contributed by atoms with van der Waals surface area (Å²) < 4.78 is 6.28. The van der Waals surface area contributed by atoms with E-state index in [1.165, 1.54) is 0 Å². The highest BCUT2D eigenvalue weighted by Crippen LogP contribution is 2.26. The van der Waals surface area contributed by atoms with E-state index in [-0.39, 0.29) is 5.78 Å². The molecule has 0 atom stereocenters. The van der Waals surface area contributed by atoms with E-state index in [1.54, 1.807) is 18.4 Å². The monoisotopic (exact) mass is 282 g/mol. The van der Waals surface area contributed by atoms with E-state index >= 15 is 0 Å². The largest absolute Gasteiger partial charge is 0.497 e. The molecule has 3 rings (SSSR count). The molecule has 20 heavy (non-hydrogen) atoms. The van der Waals surface area contributed by atoms with Gasteiger partial charge in [0.2, 0.25) is 0 Å². The molecule has 0 saturated heterocycles. The van der Waals surface area contributed by atoms with E-state index in [4.69, 9.17) is 4.74 Å². The van der Waals surface area contributed by atoms with E-state index in [2.05, 4.69) is 0 Å². The van der Waals surface area contributed by atoms with Gasteiger partial charge in [-0.15, -0.1) is 11.3 Å². The number of benzene rings is 2. The van der Waals surface area contributed by atoms with Gasteiger partial charge < -0.3 is 4.74 Å². The summed E-state index contributed by atoms with van der Waals surface area (Å²) in [6, 6.07) is 15.7. The van der Waals surface area contributed by atoms with Crippen molar-refractivity contribution in [1.29, 1.82) is 0 Å². The summed E-state index contributed by atoms with van der Waals surface area (Å²) in [6.45, 7) is 0. The zero-order chi connectivity index (χ0) is 13.9. The molecule has 1 aromatic heterocycles.